The van der Waals surface area contributed by atoms with Gasteiger partial charge in [0.2, 0.25) is 0 Å². The van der Waals surface area contributed by atoms with E-state index in [4.69, 9.17) is 11.6 Å². The molecule has 96 valence electrons. The zero-order valence-electron chi connectivity index (χ0n) is 10.1. The number of nitrogens with one attached hydrogen (secondary N) is 1. The van der Waals surface area contributed by atoms with Gasteiger partial charge in [-0.15, -0.1) is 11.3 Å². The minimum Gasteiger partial charge on any atom is -0.316 e. The van der Waals surface area contributed by atoms with E-state index in [1.165, 1.54) is 14.9 Å². The number of thiophene rings is 1. The number of likely N-dealkylation sites (N-methyl/N-ethyl adjacent to an activating group) is 1. The molecule has 1 N–H and O–H groups in total. The maximum absolute atomic E-state index is 5.90. The van der Waals surface area contributed by atoms with Crippen LogP contribution in [-0.2, 0) is 12.8 Å². The molecule has 0 fully saturated rings. The van der Waals surface area contributed by atoms with Gasteiger partial charge in [-0.25, -0.2) is 0 Å². The van der Waals surface area contributed by atoms with Crippen LogP contribution in [0.25, 0.3) is 0 Å². The Kier molecular flexibility index (Phi) is 5.25. The molecule has 0 aliphatic heterocycles. The lowest BCUT2D eigenvalue weighted by Crippen LogP contribution is -2.29. The van der Waals surface area contributed by atoms with Crippen molar-refractivity contribution in [1.29, 1.82) is 0 Å². The smallest absolute Gasteiger partial charge is 0.0406 e. The Hall–Kier alpha value is -0.350. The summed E-state index contributed by atoms with van der Waals surface area (Å²) in [4.78, 5) is 1.40. The first-order chi connectivity index (χ1) is 8.67. The SMILES string of the molecule is CNC(Cc1ccc(Cl)cc1)Cc1cc(Br)cs1. The van der Waals surface area contributed by atoms with Crippen LogP contribution in [-0.4, -0.2) is 13.1 Å². The van der Waals surface area contributed by atoms with Gasteiger partial charge in [0, 0.05) is 25.8 Å². The van der Waals surface area contributed by atoms with Gasteiger partial charge >= 0.3 is 0 Å². The van der Waals surface area contributed by atoms with Crippen LogP contribution < -0.4 is 5.32 Å². The summed E-state index contributed by atoms with van der Waals surface area (Å²) in [6.07, 6.45) is 2.07. The standard InChI is InChI=1S/C14H15BrClNS/c1-17-13(8-14-7-11(15)9-18-14)6-10-2-4-12(16)5-3-10/h2-5,7,9,13,17H,6,8H2,1H3. The Morgan fingerprint density at radius 1 is 1.28 bits per heavy atom. The second kappa shape index (κ2) is 6.71. The number of benzene rings is 1. The minimum atomic E-state index is 0.455. The normalized spacial score (nSPS) is 12.6. The lowest BCUT2D eigenvalue weighted by Gasteiger charge is -2.15. The molecular formula is C14H15BrClNS. The highest BCUT2D eigenvalue weighted by Gasteiger charge is 2.10. The summed E-state index contributed by atoms with van der Waals surface area (Å²) in [6, 6.07) is 10.7. The van der Waals surface area contributed by atoms with Crippen molar-refractivity contribution in [3.63, 3.8) is 0 Å². The Balaban J connectivity index is 1.99. The molecule has 4 heteroatoms. The van der Waals surface area contributed by atoms with Crippen molar-refractivity contribution in [1.82, 2.24) is 5.32 Å². The summed E-state index contributed by atoms with van der Waals surface area (Å²) < 4.78 is 1.17. The fourth-order valence-electron chi connectivity index (χ4n) is 1.89. The predicted octanol–water partition coefficient (Wildman–Crippen LogP) is 4.54. The lowest BCUT2D eigenvalue weighted by atomic mass is 10.0. The number of halogens is 2. The molecule has 0 amide bonds. The van der Waals surface area contributed by atoms with E-state index in [0.717, 1.165) is 17.9 Å². The van der Waals surface area contributed by atoms with Gasteiger partial charge in [0.1, 0.15) is 0 Å². The van der Waals surface area contributed by atoms with E-state index in [2.05, 4.69) is 44.8 Å². The van der Waals surface area contributed by atoms with Crippen molar-refractivity contribution in [3.8, 4) is 0 Å². The molecule has 0 bridgehead atoms. The highest BCUT2D eigenvalue weighted by molar-refractivity contribution is 9.10. The van der Waals surface area contributed by atoms with Gasteiger partial charge in [-0.1, -0.05) is 23.7 Å². The maximum atomic E-state index is 5.90. The molecular weight excluding hydrogens is 330 g/mol. The van der Waals surface area contributed by atoms with Crippen LogP contribution in [0.4, 0.5) is 0 Å². The Morgan fingerprint density at radius 3 is 2.56 bits per heavy atom. The molecule has 0 saturated heterocycles. The highest BCUT2D eigenvalue weighted by Crippen LogP contribution is 2.22. The van der Waals surface area contributed by atoms with Gasteiger partial charge in [-0.3, -0.25) is 0 Å². The second-order valence-corrected chi connectivity index (χ2v) is 6.60. The third-order valence-electron chi connectivity index (χ3n) is 2.87. The van der Waals surface area contributed by atoms with Crippen LogP contribution in [0.15, 0.2) is 40.2 Å². The summed E-state index contributed by atoms with van der Waals surface area (Å²) in [6.45, 7) is 0. The summed E-state index contributed by atoms with van der Waals surface area (Å²) in [5.41, 5.74) is 1.31. The third-order valence-corrected chi connectivity index (χ3v) is 4.84. The fraction of sp³-hybridized carbons (Fsp3) is 0.286. The molecule has 0 aliphatic carbocycles. The average Bonchev–Trinajstić information content (AvgIpc) is 2.77. The van der Waals surface area contributed by atoms with E-state index in [9.17, 15) is 0 Å². The van der Waals surface area contributed by atoms with Crippen molar-refractivity contribution in [2.75, 3.05) is 7.05 Å². The van der Waals surface area contributed by atoms with Gasteiger partial charge in [0.05, 0.1) is 0 Å². The lowest BCUT2D eigenvalue weighted by molar-refractivity contribution is 0.560. The predicted molar refractivity (Wildman–Crippen MR) is 83.7 cm³/mol. The van der Waals surface area contributed by atoms with E-state index in [1.54, 1.807) is 11.3 Å². The first kappa shape index (κ1) is 14.1. The van der Waals surface area contributed by atoms with Crippen LogP contribution in [0.1, 0.15) is 10.4 Å². The highest BCUT2D eigenvalue weighted by atomic mass is 79.9. The molecule has 0 spiro atoms. The van der Waals surface area contributed by atoms with Gasteiger partial charge < -0.3 is 5.32 Å². The zero-order valence-corrected chi connectivity index (χ0v) is 13.3. The van der Waals surface area contributed by atoms with Gasteiger partial charge in [0.15, 0.2) is 0 Å². The van der Waals surface area contributed by atoms with Gasteiger partial charge in [-0.2, -0.15) is 0 Å². The molecule has 0 saturated carbocycles. The maximum Gasteiger partial charge on any atom is 0.0406 e. The van der Waals surface area contributed by atoms with E-state index >= 15 is 0 Å². The van der Waals surface area contributed by atoms with Crippen molar-refractivity contribution in [2.45, 2.75) is 18.9 Å². The Labute approximate surface area is 125 Å². The topological polar surface area (TPSA) is 12.0 Å². The van der Waals surface area contributed by atoms with Gasteiger partial charge in [0.25, 0.3) is 0 Å². The van der Waals surface area contributed by atoms with Crippen LogP contribution in [0.3, 0.4) is 0 Å². The van der Waals surface area contributed by atoms with Crippen LogP contribution >= 0.6 is 38.9 Å². The zero-order chi connectivity index (χ0) is 13.0. The Morgan fingerprint density at radius 2 is 2.00 bits per heavy atom. The molecule has 1 unspecified atom stereocenters. The van der Waals surface area contributed by atoms with Crippen LogP contribution in [0.2, 0.25) is 5.02 Å². The van der Waals surface area contributed by atoms with Crippen molar-refractivity contribution in [3.05, 3.63) is 55.6 Å². The molecule has 1 atom stereocenters. The number of hydrogen-bond donors (Lipinski definition) is 1. The van der Waals surface area contributed by atoms with Crippen LogP contribution in [0, 0.1) is 0 Å². The minimum absolute atomic E-state index is 0.455. The molecule has 1 aromatic carbocycles. The quantitative estimate of drug-likeness (QED) is 0.840. The molecule has 0 radical (unpaired) electrons. The molecule has 2 aromatic rings. The monoisotopic (exact) mass is 343 g/mol. The molecule has 2 rings (SSSR count). The second-order valence-electron chi connectivity index (χ2n) is 4.25. The molecule has 0 aliphatic rings. The summed E-state index contributed by atoms with van der Waals surface area (Å²) in [5, 5.41) is 6.30. The molecule has 1 aromatic heterocycles. The molecule has 1 nitrogen and oxygen atoms in total. The van der Waals surface area contributed by atoms with Crippen molar-refractivity contribution >= 4 is 38.9 Å². The van der Waals surface area contributed by atoms with Crippen molar-refractivity contribution in [2.24, 2.45) is 0 Å². The summed E-state index contributed by atoms with van der Waals surface area (Å²) in [7, 11) is 2.02. The summed E-state index contributed by atoms with van der Waals surface area (Å²) >= 11 is 11.2. The average molecular weight is 345 g/mol. The van der Waals surface area contributed by atoms with Crippen LogP contribution in [0.5, 0.6) is 0 Å². The molecule has 1 heterocycles. The number of hydrogen-bond acceptors (Lipinski definition) is 2. The molecule has 18 heavy (non-hydrogen) atoms. The van der Waals surface area contributed by atoms with Crippen molar-refractivity contribution < 1.29 is 0 Å². The first-order valence-corrected chi connectivity index (χ1v) is 7.87. The van der Waals surface area contributed by atoms with E-state index in [1.807, 2.05) is 19.2 Å². The number of rotatable bonds is 5. The fourth-order valence-corrected chi connectivity index (χ4v) is 3.54. The third kappa shape index (κ3) is 4.09. The van der Waals surface area contributed by atoms with E-state index in [0.29, 0.717) is 6.04 Å². The van der Waals surface area contributed by atoms with Gasteiger partial charge in [-0.05, 0) is 59.6 Å². The first-order valence-electron chi connectivity index (χ1n) is 5.82. The summed E-state index contributed by atoms with van der Waals surface area (Å²) in [5.74, 6) is 0. The Bertz CT molecular complexity index is 495. The largest absolute Gasteiger partial charge is 0.316 e. The van der Waals surface area contributed by atoms with E-state index < -0.39 is 0 Å². The van der Waals surface area contributed by atoms with E-state index in [-0.39, 0.29) is 0 Å².